The third-order valence-corrected chi connectivity index (χ3v) is 9.90. The lowest BCUT2D eigenvalue weighted by atomic mass is 9.79. The van der Waals surface area contributed by atoms with Gasteiger partial charge in [0.15, 0.2) is 0 Å². The van der Waals surface area contributed by atoms with Crippen LogP contribution < -0.4 is 11.1 Å². The molecule has 0 aromatic heterocycles. The van der Waals surface area contributed by atoms with Crippen LogP contribution in [0.1, 0.15) is 66.1 Å². The lowest BCUT2D eigenvalue weighted by Crippen LogP contribution is -2.56. The number of hydrogen-bond donors (Lipinski definition) is 2. The molecule has 0 bridgehead atoms. The predicted molar refractivity (Wildman–Crippen MR) is 178 cm³/mol. The molecule has 5 heteroatoms. The van der Waals surface area contributed by atoms with E-state index in [2.05, 4.69) is 109 Å². The number of piperazine rings is 1. The molecule has 5 rings (SSSR count). The van der Waals surface area contributed by atoms with E-state index in [0.717, 1.165) is 51.5 Å². The van der Waals surface area contributed by atoms with Crippen molar-refractivity contribution in [2.45, 2.75) is 71.4 Å². The van der Waals surface area contributed by atoms with Crippen LogP contribution in [0.15, 0.2) is 72.8 Å². The minimum atomic E-state index is -0.213. The molecule has 2 aliphatic rings. The summed E-state index contributed by atoms with van der Waals surface area (Å²) in [6, 6.07) is 26.3. The van der Waals surface area contributed by atoms with Crippen molar-refractivity contribution in [3.05, 3.63) is 106 Å². The van der Waals surface area contributed by atoms with Crippen molar-refractivity contribution in [1.82, 2.24) is 15.1 Å². The maximum absolute atomic E-state index is 14.1. The molecule has 1 saturated heterocycles. The molecule has 1 aliphatic carbocycles. The van der Waals surface area contributed by atoms with E-state index in [-0.39, 0.29) is 18.0 Å². The fraction of sp³-hybridized carbons (Fsp3) is 0.500. The fourth-order valence-electron chi connectivity index (χ4n) is 7.27. The van der Waals surface area contributed by atoms with Gasteiger partial charge in [0, 0.05) is 38.8 Å². The van der Waals surface area contributed by atoms with Crippen LogP contribution in [0.25, 0.3) is 0 Å². The zero-order valence-electron chi connectivity index (χ0n) is 26.6. The van der Waals surface area contributed by atoms with Crippen molar-refractivity contribution in [2.75, 3.05) is 39.3 Å². The predicted octanol–water partition coefficient (Wildman–Crippen LogP) is 5.73. The Morgan fingerprint density at radius 3 is 2.30 bits per heavy atom. The number of aryl methyl sites for hydroxylation is 3. The second-order valence-corrected chi connectivity index (χ2v) is 13.0. The van der Waals surface area contributed by atoms with Crippen molar-refractivity contribution in [3.63, 3.8) is 0 Å². The van der Waals surface area contributed by atoms with Crippen molar-refractivity contribution in [1.29, 1.82) is 0 Å². The number of nitrogens with one attached hydrogen (secondary N) is 1. The Morgan fingerprint density at radius 2 is 1.60 bits per heavy atom. The van der Waals surface area contributed by atoms with Gasteiger partial charge in [0.25, 0.3) is 0 Å². The summed E-state index contributed by atoms with van der Waals surface area (Å²) in [4.78, 5) is 18.6. The Bertz CT molecular complexity index is 1310. The molecular formula is C38H52N4O. The Kier molecular flexibility index (Phi) is 11.1. The molecule has 43 heavy (non-hydrogen) atoms. The van der Waals surface area contributed by atoms with E-state index in [1.54, 1.807) is 0 Å². The molecule has 1 heterocycles. The second-order valence-electron chi connectivity index (χ2n) is 13.0. The van der Waals surface area contributed by atoms with Gasteiger partial charge in [0.05, 0.1) is 6.04 Å². The summed E-state index contributed by atoms with van der Waals surface area (Å²) in [7, 11) is 0. The molecule has 3 aromatic carbocycles. The number of hydrogen-bond acceptors (Lipinski definition) is 4. The van der Waals surface area contributed by atoms with Crippen molar-refractivity contribution in [2.24, 2.45) is 17.6 Å². The van der Waals surface area contributed by atoms with Gasteiger partial charge >= 0.3 is 0 Å². The van der Waals surface area contributed by atoms with Gasteiger partial charge in [0.2, 0.25) is 5.91 Å². The topological polar surface area (TPSA) is 61.6 Å². The van der Waals surface area contributed by atoms with E-state index in [4.69, 9.17) is 5.73 Å². The molecule has 0 spiro atoms. The largest absolute Gasteiger partial charge is 0.339 e. The number of benzene rings is 3. The van der Waals surface area contributed by atoms with Gasteiger partial charge in [-0.3, -0.25) is 9.69 Å². The average Bonchev–Trinajstić information content (AvgIpc) is 3.04. The second kappa shape index (κ2) is 15.1. The number of amides is 1. The number of nitrogens with two attached hydrogens (primary N) is 1. The molecule has 1 amide bonds. The number of rotatable bonds is 12. The van der Waals surface area contributed by atoms with Gasteiger partial charge in [0.1, 0.15) is 0 Å². The third-order valence-electron chi connectivity index (χ3n) is 9.90. The minimum absolute atomic E-state index is 0.192. The summed E-state index contributed by atoms with van der Waals surface area (Å²) in [6.07, 6.45) is 6.59. The minimum Gasteiger partial charge on any atom is -0.339 e. The van der Waals surface area contributed by atoms with E-state index in [9.17, 15) is 4.79 Å². The van der Waals surface area contributed by atoms with Gasteiger partial charge in [-0.2, -0.15) is 0 Å². The highest BCUT2D eigenvalue weighted by molar-refractivity contribution is 5.82. The molecule has 3 N–H and O–H groups in total. The summed E-state index contributed by atoms with van der Waals surface area (Å²) >= 11 is 0. The maximum atomic E-state index is 14.1. The molecule has 5 nitrogen and oxygen atoms in total. The van der Waals surface area contributed by atoms with E-state index in [1.807, 2.05) is 0 Å². The SMILES string of the molecule is CCc1ccc(C[C@@H](NCC(C)C[C@@H]2CCc3ccccc3C2)C(=O)N2CCN(C(CN)c3ccccc3C)CC2)cc1. The fourth-order valence-corrected chi connectivity index (χ4v) is 7.27. The molecular weight excluding hydrogens is 528 g/mol. The van der Waals surface area contributed by atoms with Crippen LogP contribution in [-0.4, -0.2) is 61.0 Å². The standard InChI is InChI=1S/C38H52N4O/c1-4-30-13-15-31(16-14-30)25-36(40-27-28(2)23-32-17-18-33-10-6-7-11-34(33)24-32)38(43)42-21-19-41(20-22-42)37(26-39)35-12-8-5-9-29(35)3/h5-16,28,32,36-37,40H,4,17-27,39H2,1-3H3/t28?,32-,36+,37?/m0/s1. The molecule has 3 aromatic rings. The number of fused-ring (bicyclic) bond motifs is 1. The zero-order valence-corrected chi connectivity index (χ0v) is 26.6. The van der Waals surface area contributed by atoms with Crippen molar-refractivity contribution >= 4 is 5.91 Å². The first kappa shape index (κ1) is 31.4. The molecule has 1 fully saturated rings. The van der Waals surface area contributed by atoms with Crippen LogP contribution in [0.2, 0.25) is 0 Å². The van der Waals surface area contributed by atoms with Crippen LogP contribution in [-0.2, 0) is 30.5 Å². The highest BCUT2D eigenvalue weighted by atomic mass is 16.2. The first-order chi connectivity index (χ1) is 20.9. The van der Waals surface area contributed by atoms with Gasteiger partial charge < -0.3 is 16.0 Å². The summed E-state index contributed by atoms with van der Waals surface area (Å²) in [5, 5.41) is 3.76. The number of carbonyl (C=O) groups is 1. The quantitative estimate of drug-likeness (QED) is 0.287. The highest BCUT2D eigenvalue weighted by Crippen LogP contribution is 2.30. The van der Waals surface area contributed by atoms with Gasteiger partial charge in [-0.15, -0.1) is 0 Å². The Labute approximate surface area is 259 Å². The van der Waals surface area contributed by atoms with Gasteiger partial charge in [-0.25, -0.2) is 0 Å². The Balaban J connectivity index is 1.20. The zero-order chi connectivity index (χ0) is 30.2. The van der Waals surface area contributed by atoms with Gasteiger partial charge in [-0.1, -0.05) is 86.6 Å². The lowest BCUT2D eigenvalue weighted by Gasteiger charge is -2.40. The summed E-state index contributed by atoms with van der Waals surface area (Å²) in [5.41, 5.74) is 14.5. The van der Waals surface area contributed by atoms with E-state index < -0.39 is 0 Å². The average molecular weight is 581 g/mol. The van der Waals surface area contributed by atoms with Crippen molar-refractivity contribution in [3.8, 4) is 0 Å². The third kappa shape index (κ3) is 8.14. The smallest absolute Gasteiger partial charge is 0.240 e. The first-order valence-electron chi connectivity index (χ1n) is 16.6. The van der Waals surface area contributed by atoms with Crippen LogP contribution in [0.5, 0.6) is 0 Å². The van der Waals surface area contributed by atoms with Gasteiger partial charge in [-0.05, 0) is 97.2 Å². The first-order valence-corrected chi connectivity index (χ1v) is 16.6. The Hall–Kier alpha value is -2.99. The highest BCUT2D eigenvalue weighted by Gasteiger charge is 2.31. The number of carbonyl (C=O) groups excluding carboxylic acids is 1. The number of nitrogens with zero attached hydrogens (tertiary/aromatic N) is 2. The monoisotopic (exact) mass is 580 g/mol. The Morgan fingerprint density at radius 1 is 0.930 bits per heavy atom. The van der Waals surface area contributed by atoms with Crippen LogP contribution >= 0.6 is 0 Å². The molecule has 1 aliphatic heterocycles. The summed E-state index contributed by atoms with van der Waals surface area (Å²) in [5.74, 6) is 1.47. The molecule has 0 radical (unpaired) electrons. The van der Waals surface area contributed by atoms with Crippen molar-refractivity contribution < 1.29 is 4.79 Å². The summed E-state index contributed by atoms with van der Waals surface area (Å²) < 4.78 is 0. The van der Waals surface area contributed by atoms with E-state index in [0.29, 0.717) is 12.5 Å². The maximum Gasteiger partial charge on any atom is 0.240 e. The van der Waals surface area contributed by atoms with Crippen LogP contribution in [0, 0.1) is 18.8 Å². The summed E-state index contributed by atoms with van der Waals surface area (Å²) in [6.45, 7) is 11.3. The molecule has 2 unspecified atom stereocenters. The lowest BCUT2D eigenvalue weighted by molar-refractivity contribution is -0.135. The van der Waals surface area contributed by atoms with Crippen LogP contribution in [0.4, 0.5) is 0 Å². The normalized spacial score (nSPS) is 19.4. The molecule has 0 saturated carbocycles. The van der Waals surface area contributed by atoms with E-state index in [1.165, 1.54) is 59.1 Å². The molecule has 4 atom stereocenters. The molecule has 230 valence electrons. The van der Waals surface area contributed by atoms with E-state index >= 15 is 0 Å². The van der Waals surface area contributed by atoms with Crippen LogP contribution in [0.3, 0.4) is 0 Å².